The summed E-state index contributed by atoms with van der Waals surface area (Å²) in [6.07, 6.45) is 0.977. The summed E-state index contributed by atoms with van der Waals surface area (Å²) in [5.74, 6) is 1.93. The Bertz CT molecular complexity index is 1050. The van der Waals surface area contributed by atoms with Gasteiger partial charge in [-0.15, -0.1) is 10.2 Å². The second kappa shape index (κ2) is 10.7. The highest BCUT2D eigenvalue weighted by atomic mass is 16.5. The Morgan fingerprint density at radius 2 is 1.71 bits per heavy atom. The third-order valence-corrected chi connectivity index (χ3v) is 6.68. The molecule has 1 fully saturated rings. The molecule has 184 valence electrons. The first-order chi connectivity index (χ1) is 16.3. The summed E-state index contributed by atoms with van der Waals surface area (Å²) in [7, 11) is 1.77. The molecule has 0 saturated carbocycles. The molecule has 0 radical (unpaired) electrons. The van der Waals surface area contributed by atoms with Crippen molar-refractivity contribution in [3.63, 3.8) is 0 Å². The van der Waals surface area contributed by atoms with E-state index in [1.54, 1.807) is 7.11 Å². The third kappa shape index (κ3) is 6.04. The van der Waals surface area contributed by atoms with Crippen molar-refractivity contribution in [2.75, 3.05) is 44.8 Å². The Kier molecular flexibility index (Phi) is 7.68. The van der Waals surface area contributed by atoms with Gasteiger partial charge in [-0.05, 0) is 37.3 Å². The number of ether oxygens (including phenoxy) is 1. The maximum absolute atomic E-state index is 5.38. The van der Waals surface area contributed by atoms with E-state index in [2.05, 4.69) is 81.7 Å². The minimum atomic E-state index is 0.0616. The predicted octanol–water partition coefficient (Wildman–Crippen LogP) is 3.52. The lowest BCUT2D eigenvalue weighted by atomic mass is 9.89. The van der Waals surface area contributed by atoms with Crippen LogP contribution in [0.4, 0.5) is 5.95 Å². The molecule has 0 amide bonds. The van der Waals surface area contributed by atoms with Crippen molar-refractivity contribution in [3.05, 3.63) is 59.2 Å². The van der Waals surface area contributed by atoms with Crippen molar-refractivity contribution >= 4 is 5.95 Å². The van der Waals surface area contributed by atoms with Crippen molar-refractivity contribution in [2.45, 2.75) is 53.8 Å². The number of nitrogens with zero attached hydrogens (tertiary/aromatic N) is 7. The molecule has 3 aromatic rings. The fourth-order valence-corrected chi connectivity index (χ4v) is 4.64. The molecule has 0 aliphatic carbocycles. The van der Waals surface area contributed by atoms with Gasteiger partial charge in [-0.2, -0.15) is 5.10 Å². The van der Waals surface area contributed by atoms with Gasteiger partial charge in [0.1, 0.15) is 6.54 Å². The predicted molar refractivity (Wildman–Crippen MR) is 135 cm³/mol. The summed E-state index contributed by atoms with van der Waals surface area (Å²) >= 11 is 0. The van der Waals surface area contributed by atoms with Gasteiger partial charge in [-0.25, -0.2) is 0 Å². The quantitative estimate of drug-likeness (QED) is 0.457. The van der Waals surface area contributed by atoms with Crippen molar-refractivity contribution in [1.29, 1.82) is 0 Å². The number of piperazine rings is 1. The molecule has 0 atom stereocenters. The fraction of sp³-hybridized carbons (Fsp3) is 0.577. The third-order valence-electron chi connectivity index (χ3n) is 6.68. The molecule has 3 heterocycles. The number of hydrogen-bond acceptors (Lipinski definition) is 6. The Morgan fingerprint density at radius 3 is 2.35 bits per heavy atom. The topological polar surface area (TPSA) is 64.2 Å². The maximum Gasteiger partial charge on any atom is 0.227 e. The summed E-state index contributed by atoms with van der Waals surface area (Å²) in [5, 5.41) is 14.0. The number of anilines is 1. The molecule has 4 rings (SSSR count). The van der Waals surface area contributed by atoms with Crippen LogP contribution in [0.15, 0.2) is 36.4 Å². The lowest BCUT2D eigenvalue weighted by Crippen LogP contribution is -2.47. The number of methoxy groups -OCH3 is 1. The maximum atomic E-state index is 5.38. The Hall–Kier alpha value is -2.71. The second-order valence-electron chi connectivity index (χ2n) is 10.2. The van der Waals surface area contributed by atoms with Crippen LogP contribution >= 0.6 is 0 Å². The number of aromatic nitrogens is 5. The van der Waals surface area contributed by atoms with Gasteiger partial charge in [0.25, 0.3) is 0 Å². The molecule has 1 saturated heterocycles. The van der Waals surface area contributed by atoms with Gasteiger partial charge < -0.3 is 9.64 Å². The number of benzene rings is 1. The van der Waals surface area contributed by atoms with E-state index in [-0.39, 0.29) is 5.41 Å². The van der Waals surface area contributed by atoms with Crippen molar-refractivity contribution in [3.8, 4) is 0 Å². The number of aryl methyl sites for hydroxylation is 2. The Balaban J connectivity index is 1.52. The highest BCUT2D eigenvalue weighted by Gasteiger charge is 2.27. The van der Waals surface area contributed by atoms with Crippen LogP contribution in [-0.4, -0.2) is 69.3 Å². The Labute approximate surface area is 203 Å². The molecule has 0 unspecified atom stereocenters. The first-order valence-electron chi connectivity index (χ1n) is 12.3. The van der Waals surface area contributed by atoms with Crippen LogP contribution in [0.25, 0.3) is 0 Å². The lowest BCUT2D eigenvalue weighted by molar-refractivity contribution is 0.142. The first kappa shape index (κ1) is 24.4. The molecule has 2 aromatic heterocycles. The van der Waals surface area contributed by atoms with Gasteiger partial charge in [0.2, 0.25) is 5.95 Å². The zero-order valence-corrected chi connectivity index (χ0v) is 21.4. The van der Waals surface area contributed by atoms with E-state index in [1.807, 2.05) is 11.6 Å². The molecule has 8 heteroatoms. The van der Waals surface area contributed by atoms with E-state index >= 15 is 0 Å². The van der Waals surface area contributed by atoms with Crippen molar-refractivity contribution in [2.24, 2.45) is 5.41 Å². The van der Waals surface area contributed by atoms with Gasteiger partial charge in [0, 0.05) is 58.7 Å². The fourth-order valence-electron chi connectivity index (χ4n) is 4.64. The number of hydrogen-bond donors (Lipinski definition) is 0. The zero-order chi connectivity index (χ0) is 24.1. The molecule has 1 aliphatic heterocycles. The minimum absolute atomic E-state index is 0.0616. The summed E-state index contributed by atoms with van der Waals surface area (Å²) in [5.41, 5.74) is 3.60. The molecule has 1 aliphatic rings. The van der Waals surface area contributed by atoms with Crippen LogP contribution in [0.2, 0.25) is 0 Å². The molecule has 8 nitrogen and oxygen atoms in total. The van der Waals surface area contributed by atoms with Crippen molar-refractivity contribution < 1.29 is 4.74 Å². The molecule has 0 N–H and O–H groups in total. The van der Waals surface area contributed by atoms with Crippen LogP contribution in [0.3, 0.4) is 0 Å². The SMILES string of the molecule is COCCC(C)(C)Cn1c(Cn2nc(C)cc2C)nnc1N1CCN(Cc2ccccc2)CC1. The van der Waals surface area contributed by atoms with E-state index in [4.69, 9.17) is 9.84 Å². The van der Waals surface area contributed by atoms with Crippen molar-refractivity contribution in [1.82, 2.24) is 29.4 Å². The van der Waals surface area contributed by atoms with E-state index in [9.17, 15) is 0 Å². The average Bonchev–Trinajstić information content (AvgIpc) is 3.35. The highest BCUT2D eigenvalue weighted by molar-refractivity contribution is 5.33. The average molecular weight is 466 g/mol. The van der Waals surface area contributed by atoms with Gasteiger partial charge >= 0.3 is 0 Å². The second-order valence-corrected chi connectivity index (χ2v) is 10.2. The highest BCUT2D eigenvalue weighted by Crippen LogP contribution is 2.27. The van der Waals surface area contributed by atoms with E-state index in [1.165, 1.54) is 5.56 Å². The smallest absolute Gasteiger partial charge is 0.227 e. The van der Waals surface area contributed by atoms with Crippen LogP contribution in [0, 0.1) is 19.3 Å². The molecule has 34 heavy (non-hydrogen) atoms. The lowest BCUT2D eigenvalue weighted by Gasteiger charge is -2.36. The normalized spacial score (nSPS) is 15.3. The summed E-state index contributed by atoms with van der Waals surface area (Å²) in [6.45, 7) is 15.8. The Morgan fingerprint density at radius 1 is 0.971 bits per heavy atom. The van der Waals surface area contributed by atoms with Gasteiger partial charge in [-0.1, -0.05) is 44.2 Å². The standard InChI is InChI=1S/C26H39N7O/c1-21-17-22(2)33(29-21)19-24-27-28-25(32(24)20-26(3,4)11-16-34-5)31-14-12-30(13-15-31)18-23-9-7-6-8-10-23/h6-10,17H,11-16,18-20H2,1-5H3. The van der Waals surface area contributed by atoms with Gasteiger partial charge in [-0.3, -0.25) is 14.1 Å². The van der Waals surface area contributed by atoms with Gasteiger partial charge in [0.15, 0.2) is 5.82 Å². The molecule has 1 aromatic carbocycles. The summed E-state index contributed by atoms with van der Waals surface area (Å²) in [4.78, 5) is 4.91. The zero-order valence-electron chi connectivity index (χ0n) is 21.4. The van der Waals surface area contributed by atoms with Gasteiger partial charge in [0.05, 0.1) is 5.69 Å². The molecular weight excluding hydrogens is 426 g/mol. The van der Waals surface area contributed by atoms with Crippen LogP contribution < -0.4 is 4.90 Å². The first-order valence-corrected chi connectivity index (χ1v) is 12.3. The summed E-state index contributed by atoms with van der Waals surface area (Å²) < 4.78 is 9.72. The number of rotatable bonds is 10. The monoisotopic (exact) mass is 465 g/mol. The minimum Gasteiger partial charge on any atom is -0.385 e. The molecule has 0 bridgehead atoms. The van der Waals surface area contributed by atoms with Crippen LogP contribution in [0.5, 0.6) is 0 Å². The van der Waals surface area contributed by atoms with E-state index < -0.39 is 0 Å². The van der Waals surface area contributed by atoms with Crippen LogP contribution in [-0.2, 0) is 24.4 Å². The largest absolute Gasteiger partial charge is 0.385 e. The van der Waals surface area contributed by atoms with E-state index in [0.29, 0.717) is 6.54 Å². The van der Waals surface area contributed by atoms with E-state index in [0.717, 1.165) is 75.5 Å². The summed E-state index contributed by atoms with van der Waals surface area (Å²) in [6, 6.07) is 12.8. The molecular formula is C26H39N7O. The molecule has 0 spiro atoms. The van der Waals surface area contributed by atoms with Crippen LogP contribution in [0.1, 0.15) is 43.0 Å².